The number of carbonyl (C=O) groups is 3. The van der Waals surface area contributed by atoms with Gasteiger partial charge in [-0.3, -0.25) is 19.3 Å². The molecule has 0 saturated carbocycles. The Morgan fingerprint density at radius 3 is 2.47 bits per heavy atom. The van der Waals surface area contributed by atoms with Crippen molar-refractivity contribution in [1.82, 2.24) is 10.2 Å². The SMILES string of the molecule is O=C(CN1C(=O)S/C(=C\c2cccs2)C1=O)NC(c1ccc(F)cc1)c1cccs1. The van der Waals surface area contributed by atoms with Crippen LogP contribution in [0.1, 0.15) is 21.4 Å². The number of carbonyl (C=O) groups excluding carboxylic acids is 3. The van der Waals surface area contributed by atoms with Crippen LogP contribution in [0.15, 0.2) is 64.2 Å². The van der Waals surface area contributed by atoms with Crippen molar-refractivity contribution >= 4 is 57.6 Å². The predicted octanol–water partition coefficient (Wildman–Crippen LogP) is 4.89. The van der Waals surface area contributed by atoms with Crippen molar-refractivity contribution in [2.45, 2.75) is 6.04 Å². The van der Waals surface area contributed by atoms with Crippen LogP contribution in [0.5, 0.6) is 0 Å². The van der Waals surface area contributed by atoms with Crippen LogP contribution in [0.25, 0.3) is 6.08 Å². The van der Waals surface area contributed by atoms with Gasteiger partial charge in [0.25, 0.3) is 11.1 Å². The predicted molar refractivity (Wildman–Crippen MR) is 118 cm³/mol. The summed E-state index contributed by atoms with van der Waals surface area (Å²) in [6.07, 6.45) is 1.65. The molecule has 0 spiro atoms. The number of hydrogen-bond acceptors (Lipinski definition) is 6. The van der Waals surface area contributed by atoms with Gasteiger partial charge >= 0.3 is 0 Å². The van der Waals surface area contributed by atoms with Gasteiger partial charge in [-0.25, -0.2) is 4.39 Å². The molecule has 1 N–H and O–H groups in total. The quantitative estimate of drug-likeness (QED) is 0.534. The lowest BCUT2D eigenvalue weighted by Gasteiger charge is -2.20. The van der Waals surface area contributed by atoms with Gasteiger partial charge in [0, 0.05) is 9.75 Å². The summed E-state index contributed by atoms with van der Waals surface area (Å²) in [6, 6.07) is 12.8. The third-order valence-corrected chi connectivity index (χ3v) is 6.99. The standard InChI is InChI=1S/C21H15FN2O3S3/c22-14-7-5-13(6-8-14)19(16-4-2-10-29-16)23-18(25)12-24-20(26)17(30-21(24)27)11-15-3-1-9-28-15/h1-11,19H,12H2,(H,23,25)/b17-11-. The Balaban J connectivity index is 1.49. The van der Waals surface area contributed by atoms with E-state index in [4.69, 9.17) is 0 Å². The fourth-order valence-corrected chi connectivity index (χ4v) is 5.28. The summed E-state index contributed by atoms with van der Waals surface area (Å²) in [4.78, 5) is 40.6. The van der Waals surface area contributed by atoms with E-state index in [2.05, 4.69) is 5.32 Å². The number of amides is 3. The van der Waals surface area contributed by atoms with E-state index in [9.17, 15) is 18.8 Å². The molecule has 5 nitrogen and oxygen atoms in total. The van der Waals surface area contributed by atoms with Gasteiger partial charge in [-0.05, 0) is 58.4 Å². The summed E-state index contributed by atoms with van der Waals surface area (Å²) in [5.74, 6) is -1.33. The summed E-state index contributed by atoms with van der Waals surface area (Å²) in [5, 5.41) is 6.14. The fourth-order valence-electron chi connectivity index (χ4n) is 2.92. The molecule has 1 aliphatic heterocycles. The molecule has 0 radical (unpaired) electrons. The van der Waals surface area contributed by atoms with Gasteiger partial charge in [-0.2, -0.15) is 0 Å². The number of nitrogens with zero attached hydrogens (tertiary/aromatic N) is 1. The molecule has 1 aromatic carbocycles. The third-order valence-electron chi connectivity index (χ3n) is 4.33. The van der Waals surface area contributed by atoms with Crippen molar-refractivity contribution in [3.05, 3.63) is 85.3 Å². The summed E-state index contributed by atoms with van der Waals surface area (Å²) < 4.78 is 13.3. The number of thiophene rings is 2. The Labute approximate surface area is 184 Å². The molecule has 0 aliphatic carbocycles. The first-order chi connectivity index (χ1) is 14.5. The second kappa shape index (κ2) is 8.95. The topological polar surface area (TPSA) is 66.5 Å². The normalized spacial score (nSPS) is 16.3. The maximum absolute atomic E-state index is 13.3. The summed E-state index contributed by atoms with van der Waals surface area (Å²) >= 11 is 3.73. The average Bonchev–Trinajstić information content (AvgIpc) is 3.48. The highest BCUT2D eigenvalue weighted by molar-refractivity contribution is 8.18. The first kappa shape index (κ1) is 20.5. The lowest BCUT2D eigenvalue weighted by Crippen LogP contribution is -2.41. The highest BCUT2D eigenvalue weighted by Gasteiger charge is 2.36. The molecule has 152 valence electrons. The molecule has 2 aromatic heterocycles. The number of nitrogens with one attached hydrogen (secondary N) is 1. The first-order valence-electron chi connectivity index (χ1n) is 8.88. The van der Waals surface area contributed by atoms with E-state index in [-0.39, 0.29) is 12.4 Å². The Hall–Kier alpha value is -2.75. The van der Waals surface area contributed by atoms with E-state index in [0.29, 0.717) is 10.5 Å². The van der Waals surface area contributed by atoms with Crippen LogP contribution in [0.2, 0.25) is 0 Å². The first-order valence-corrected chi connectivity index (χ1v) is 11.5. The van der Waals surface area contributed by atoms with Gasteiger partial charge in [-0.15, -0.1) is 22.7 Å². The van der Waals surface area contributed by atoms with E-state index in [0.717, 1.165) is 26.4 Å². The maximum atomic E-state index is 13.3. The third kappa shape index (κ3) is 4.53. The Morgan fingerprint density at radius 1 is 1.07 bits per heavy atom. The Bertz CT molecular complexity index is 1090. The van der Waals surface area contributed by atoms with Crippen LogP contribution in [0, 0.1) is 5.82 Å². The maximum Gasteiger partial charge on any atom is 0.294 e. The second-order valence-corrected chi connectivity index (χ2v) is 9.30. The number of halogens is 1. The molecule has 1 unspecified atom stereocenters. The Kier molecular flexibility index (Phi) is 6.12. The molecule has 1 saturated heterocycles. The zero-order valence-corrected chi connectivity index (χ0v) is 17.9. The lowest BCUT2D eigenvalue weighted by molar-refractivity contribution is -0.129. The Morgan fingerprint density at radius 2 is 1.80 bits per heavy atom. The summed E-state index contributed by atoms with van der Waals surface area (Å²) in [6.45, 7) is -0.379. The van der Waals surface area contributed by atoms with Crippen LogP contribution < -0.4 is 5.32 Å². The summed E-state index contributed by atoms with van der Waals surface area (Å²) in [7, 11) is 0. The monoisotopic (exact) mass is 458 g/mol. The molecule has 30 heavy (non-hydrogen) atoms. The minimum Gasteiger partial charge on any atom is -0.343 e. The average molecular weight is 459 g/mol. The minimum atomic E-state index is -0.500. The molecular weight excluding hydrogens is 443 g/mol. The van der Waals surface area contributed by atoms with Gasteiger partial charge in [0.1, 0.15) is 12.4 Å². The van der Waals surface area contributed by atoms with E-state index in [1.165, 1.54) is 34.8 Å². The van der Waals surface area contributed by atoms with Crippen molar-refractivity contribution < 1.29 is 18.8 Å². The number of thioether (sulfide) groups is 1. The van der Waals surface area contributed by atoms with Gasteiger partial charge in [0.05, 0.1) is 10.9 Å². The van der Waals surface area contributed by atoms with E-state index in [1.807, 2.05) is 35.0 Å². The van der Waals surface area contributed by atoms with Crippen LogP contribution in [0.4, 0.5) is 9.18 Å². The number of imide groups is 1. The number of benzene rings is 1. The van der Waals surface area contributed by atoms with E-state index >= 15 is 0 Å². The molecular formula is C21H15FN2O3S3. The van der Waals surface area contributed by atoms with Crippen molar-refractivity contribution in [2.75, 3.05) is 6.54 Å². The minimum absolute atomic E-state index is 0.295. The molecule has 1 atom stereocenters. The van der Waals surface area contributed by atoms with Crippen LogP contribution in [0.3, 0.4) is 0 Å². The molecule has 4 rings (SSSR count). The molecule has 3 aromatic rings. The highest BCUT2D eigenvalue weighted by atomic mass is 32.2. The second-order valence-electron chi connectivity index (χ2n) is 6.35. The molecule has 9 heteroatoms. The van der Waals surface area contributed by atoms with Crippen molar-refractivity contribution in [3.63, 3.8) is 0 Å². The zero-order valence-electron chi connectivity index (χ0n) is 15.4. The number of hydrogen-bond donors (Lipinski definition) is 1. The molecule has 0 bridgehead atoms. The molecule has 1 aliphatic rings. The van der Waals surface area contributed by atoms with Gasteiger partial charge in [0.2, 0.25) is 5.91 Å². The van der Waals surface area contributed by atoms with Crippen molar-refractivity contribution in [1.29, 1.82) is 0 Å². The molecule has 3 heterocycles. The van der Waals surface area contributed by atoms with Crippen LogP contribution >= 0.6 is 34.4 Å². The van der Waals surface area contributed by atoms with Crippen molar-refractivity contribution in [2.24, 2.45) is 0 Å². The smallest absolute Gasteiger partial charge is 0.294 e. The van der Waals surface area contributed by atoms with E-state index in [1.54, 1.807) is 18.2 Å². The largest absolute Gasteiger partial charge is 0.343 e. The van der Waals surface area contributed by atoms with Crippen LogP contribution in [-0.2, 0) is 9.59 Å². The molecule has 1 fully saturated rings. The van der Waals surface area contributed by atoms with Gasteiger partial charge in [-0.1, -0.05) is 24.3 Å². The van der Waals surface area contributed by atoms with Crippen LogP contribution in [-0.4, -0.2) is 28.5 Å². The van der Waals surface area contributed by atoms with E-state index < -0.39 is 23.1 Å². The number of rotatable bonds is 6. The van der Waals surface area contributed by atoms with Crippen molar-refractivity contribution in [3.8, 4) is 0 Å². The van der Waals surface area contributed by atoms with Gasteiger partial charge in [0.15, 0.2) is 0 Å². The van der Waals surface area contributed by atoms with Gasteiger partial charge < -0.3 is 5.32 Å². The summed E-state index contributed by atoms with van der Waals surface area (Å²) in [5.41, 5.74) is 0.707. The highest BCUT2D eigenvalue weighted by Crippen LogP contribution is 2.33. The fraction of sp³-hybridized carbons (Fsp3) is 0.0952. The lowest BCUT2D eigenvalue weighted by atomic mass is 10.1. The zero-order chi connectivity index (χ0) is 21.1. The molecule has 3 amide bonds.